The highest BCUT2D eigenvalue weighted by Crippen LogP contribution is 2.37. The molecule has 1 aromatic heterocycles. The van der Waals surface area contributed by atoms with Gasteiger partial charge in [0.25, 0.3) is 5.56 Å². The number of methoxy groups -OCH3 is 1. The zero-order valence-electron chi connectivity index (χ0n) is 22.8. The van der Waals surface area contributed by atoms with Gasteiger partial charge in [0.05, 0.1) is 29.0 Å². The number of carbonyl (C=O) groups is 1. The Labute approximate surface area is 239 Å². The quantitative estimate of drug-likeness (QED) is 0.376. The molecular formula is C29H32BrN3O5S. The molecule has 1 aliphatic rings. The van der Waals surface area contributed by atoms with Crippen molar-refractivity contribution in [2.24, 2.45) is 4.99 Å². The third-order valence-electron chi connectivity index (χ3n) is 6.50. The van der Waals surface area contributed by atoms with Crippen molar-refractivity contribution < 1.29 is 19.4 Å². The second-order valence-electron chi connectivity index (χ2n) is 9.34. The van der Waals surface area contributed by atoms with Crippen molar-refractivity contribution in [3.63, 3.8) is 0 Å². The van der Waals surface area contributed by atoms with Crippen LogP contribution in [0, 0.1) is 0 Å². The van der Waals surface area contributed by atoms with E-state index >= 15 is 0 Å². The summed E-state index contributed by atoms with van der Waals surface area (Å²) in [5.41, 5.74) is 2.44. The maximum Gasteiger partial charge on any atom is 0.338 e. The number of fused-ring (bicyclic) bond motifs is 1. The summed E-state index contributed by atoms with van der Waals surface area (Å²) in [6, 6.07) is 10.1. The number of hydrogen-bond acceptors (Lipinski definition) is 8. The van der Waals surface area contributed by atoms with Gasteiger partial charge in [-0.15, -0.1) is 0 Å². The Morgan fingerprint density at radius 3 is 2.56 bits per heavy atom. The Morgan fingerprint density at radius 1 is 1.23 bits per heavy atom. The summed E-state index contributed by atoms with van der Waals surface area (Å²) >= 11 is 4.71. The molecule has 1 aliphatic heterocycles. The first-order valence-corrected chi connectivity index (χ1v) is 14.3. The Morgan fingerprint density at radius 2 is 1.95 bits per heavy atom. The summed E-state index contributed by atoms with van der Waals surface area (Å²) in [6.07, 6.45) is 1.31. The van der Waals surface area contributed by atoms with Gasteiger partial charge in [-0.2, -0.15) is 0 Å². The van der Waals surface area contributed by atoms with E-state index in [9.17, 15) is 14.7 Å². The topological polar surface area (TPSA) is 93.4 Å². The monoisotopic (exact) mass is 613 g/mol. The highest BCUT2D eigenvalue weighted by molar-refractivity contribution is 9.10. The van der Waals surface area contributed by atoms with Crippen LogP contribution in [0.4, 0.5) is 5.69 Å². The second-order valence-corrected chi connectivity index (χ2v) is 11.3. The molecule has 0 amide bonds. The minimum Gasteiger partial charge on any atom is -0.507 e. The molecule has 2 heterocycles. The molecule has 206 valence electrons. The number of nitrogens with zero attached hydrogens (tertiary/aromatic N) is 3. The summed E-state index contributed by atoms with van der Waals surface area (Å²) in [5, 5.41) is 10.8. The van der Waals surface area contributed by atoms with Gasteiger partial charge >= 0.3 is 5.97 Å². The fourth-order valence-electron chi connectivity index (χ4n) is 4.65. The van der Waals surface area contributed by atoms with Crippen LogP contribution in [0.25, 0.3) is 6.08 Å². The van der Waals surface area contributed by atoms with Gasteiger partial charge in [0.2, 0.25) is 0 Å². The molecule has 2 aromatic carbocycles. The second kappa shape index (κ2) is 11.8. The molecule has 1 atom stereocenters. The SMILES string of the molecule is CCN(CC)c1ccc(/C=c2\sc3n(c2=O)[C@H](c2cc(Br)ccc2OC)C(C(=O)OC(C)C)=C(C)N=3)c(O)c1. The van der Waals surface area contributed by atoms with Gasteiger partial charge in [0.1, 0.15) is 17.5 Å². The van der Waals surface area contributed by atoms with Crippen LogP contribution in [0.3, 0.4) is 0 Å². The number of anilines is 1. The van der Waals surface area contributed by atoms with E-state index in [0.29, 0.717) is 31.9 Å². The van der Waals surface area contributed by atoms with E-state index in [2.05, 4.69) is 39.7 Å². The average Bonchev–Trinajstić information content (AvgIpc) is 3.19. The number of halogens is 1. The third kappa shape index (κ3) is 5.67. The lowest BCUT2D eigenvalue weighted by Crippen LogP contribution is -2.40. The Kier molecular flexibility index (Phi) is 8.66. The first kappa shape index (κ1) is 28.6. The minimum absolute atomic E-state index is 0.0767. The van der Waals surface area contributed by atoms with Crippen molar-refractivity contribution in [2.75, 3.05) is 25.1 Å². The number of hydrogen-bond donors (Lipinski definition) is 1. The van der Waals surface area contributed by atoms with Crippen molar-refractivity contribution in [2.45, 2.75) is 46.8 Å². The Bertz CT molecular complexity index is 1620. The highest BCUT2D eigenvalue weighted by Gasteiger charge is 2.35. The molecule has 0 bridgehead atoms. The zero-order valence-corrected chi connectivity index (χ0v) is 25.2. The van der Waals surface area contributed by atoms with E-state index in [1.54, 1.807) is 52.2 Å². The summed E-state index contributed by atoms with van der Waals surface area (Å²) in [5.74, 6) is 0.0528. The van der Waals surface area contributed by atoms with Crippen molar-refractivity contribution in [3.05, 3.63) is 83.0 Å². The molecule has 1 N–H and O–H groups in total. The fraction of sp³-hybridized carbons (Fsp3) is 0.345. The number of allylic oxidation sites excluding steroid dienone is 1. The first-order chi connectivity index (χ1) is 18.6. The molecular weight excluding hydrogens is 582 g/mol. The van der Waals surface area contributed by atoms with E-state index in [4.69, 9.17) is 9.47 Å². The van der Waals surface area contributed by atoms with Crippen LogP contribution in [-0.2, 0) is 9.53 Å². The van der Waals surface area contributed by atoms with Gasteiger partial charge in [-0.1, -0.05) is 27.3 Å². The molecule has 8 nitrogen and oxygen atoms in total. The number of phenolic OH excluding ortho intramolecular Hbond substituents is 1. The predicted octanol–water partition coefficient (Wildman–Crippen LogP) is 4.51. The Balaban J connectivity index is 1.94. The highest BCUT2D eigenvalue weighted by atomic mass is 79.9. The summed E-state index contributed by atoms with van der Waals surface area (Å²) in [6.45, 7) is 11.0. The van der Waals surface area contributed by atoms with Crippen LogP contribution in [0.1, 0.15) is 51.8 Å². The van der Waals surface area contributed by atoms with Crippen LogP contribution in [0.2, 0.25) is 0 Å². The van der Waals surface area contributed by atoms with Crippen molar-refractivity contribution >= 4 is 45.0 Å². The fourth-order valence-corrected chi connectivity index (χ4v) is 6.07. The van der Waals surface area contributed by atoms with Crippen molar-refractivity contribution in [1.29, 1.82) is 0 Å². The van der Waals surface area contributed by atoms with Gasteiger partial charge in [-0.05, 0) is 71.0 Å². The molecule has 0 radical (unpaired) electrons. The molecule has 0 aliphatic carbocycles. The largest absolute Gasteiger partial charge is 0.507 e. The van der Waals surface area contributed by atoms with E-state index in [0.717, 1.165) is 23.2 Å². The summed E-state index contributed by atoms with van der Waals surface area (Å²) < 4.78 is 13.9. The van der Waals surface area contributed by atoms with Crippen LogP contribution in [-0.4, -0.2) is 41.9 Å². The molecule has 3 aromatic rings. The molecule has 0 saturated carbocycles. The maximum absolute atomic E-state index is 13.9. The summed E-state index contributed by atoms with van der Waals surface area (Å²) in [4.78, 5) is 34.5. The lowest BCUT2D eigenvalue weighted by Gasteiger charge is -2.26. The molecule has 0 fully saturated rings. The number of aromatic hydroxyl groups is 1. The van der Waals surface area contributed by atoms with Crippen LogP contribution in [0.15, 0.2) is 61.9 Å². The van der Waals surface area contributed by atoms with E-state index < -0.39 is 12.0 Å². The zero-order chi connectivity index (χ0) is 28.4. The molecule has 0 spiro atoms. The number of thiazole rings is 1. The molecule has 39 heavy (non-hydrogen) atoms. The Hall–Kier alpha value is -3.37. The van der Waals surface area contributed by atoms with Crippen LogP contribution >= 0.6 is 27.3 Å². The normalized spacial score (nSPS) is 15.3. The summed E-state index contributed by atoms with van der Waals surface area (Å²) in [7, 11) is 1.55. The van der Waals surface area contributed by atoms with Gasteiger partial charge in [0, 0.05) is 40.4 Å². The number of ether oxygens (including phenoxy) is 2. The first-order valence-electron chi connectivity index (χ1n) is 12.7. The van der Waals surface area contributed by atoms with Gasteiger partial charge in [0.15, 0.2) is 4.80 Å². The maximum atomic E-state index is 13.9. The molecule has 4 rings (SSSR count). The number of esters is 1. The number of carbonyl (C=O) groups excluding carboxylic acids is 1. The standard InChI is InChI=1S/C29H32BrN3O5S/c1-7-32(8-2)20-11-9-18(22(34)15-20)13-24-27(35)33-26(21-14-19(30)10-12-23(21)37-6)25(28(36)38-16(3)4)17(5)31-29(33)39-24/h9-16,26,34H,7-8H2,1-6H3/b24-13-/t26-/m1/s1. The molecule has 0 saturated heterocycles. The van der Waals surface area contributed by atoms with Crippen molar-refractivity contribution in [1.82, 2.24) is 4.57 Å². The van der Waals surface area contributed by atoms with Gasteiger partial charge < -0.3 is 19.5 Å². The number of phenols is 1. The van der Waals surface area contributed by atoms with E-state index in [1.165, 1.54) is 15.9 Å². The number of rotatable bonds is 8. The van der Waals surface area contributed by atoms with Crippen LogP contribution in [0.5, 0.6) is 11.5 Å². The van der Waals surface area contributed by atoms with Gasteiger partial charge in [-0.25, -0.2) is 9.79 Å². The van der Waals surface area contributed by atoms with E-state index in [-0.39, 0.29) is 23.0 Å². The van der Waals surface area contributed by atoms with Crippen molar-refractivity contribution in [3.8, 4) is 11.5 Å². The number of aromatic nitrogens is 1. The third-order valence-corrected chi connectivity index (χ3v) is 7.98. The van der Waals surface area contributed by atoms with Crippen LogP contribution < -0.4 is 24.5 Å². The number of benzene rings is 2. The lowest BCUT2D eigenvalue weighted by atomic mass is 9.95. The average molecular weight is 615 g/mol. The molecule has 0 unspecified atom stereocenters. The predicted molar refractivity (Wildman–Crippen MR) is 157 cm³/mol. The lowest BCUT2D eigenvalue weighted by molar-refractivity contribution is -0.143. The van der Waals surface area contributed by atoms with Gasteiger partial charge in [-0.3, -0.25) is 9.36 Å². The van der Waals surface area contributed by atoms with E-state index in [1.807, 2.05) is 18.2 Å². The molecule has 10 heteroatoms. The minimum atomic E-state index is -0.819. The smallest absolute Gasteiger partial charge is 0.338 e.